The zero-order valence-electron chi connectivity index (χ0n) is 19.9. The largest absolute Gasteiger partial charge is 0.465 e. The monoisotopic (exact) mass is 426 g/mol. The summed E-state index contributed by atoms with van der Waals surface area (Å²) in [6.45, 7) is 7.34. The minimum absolute atomic E-state index is 0.0202. The predicted molar refractivity (Wildman–Crippen MR) is 130 cm³/mol. The number of carbonyl (C=O) groups excluding carboxylic acids is 1. The van der Waals surface area contributed by atoms with Crippen LogP contribution in [0, 0.1) is 5.92 Å². The van der Waals surface area contributed by atoms with Crippen LogP contribution >= 0.6 is 11.8 Å². The van der Waals surface area contributed by atoms with Crippen molar-refractivity contribution in [2.75, 3.05) is 6.61 Å². The second kappa shape index (κ2) is 18.6. The Morgan fingerprint density at radius 3 is 1.90 bits per heavy atom. The van der Waals surface area contributed by atoms with Gasteiger partial charge in [-0.15, -0.1) is 0 Å². The number of ether oxygens (including phenoxy) is 1. The molecule has 0 saturated carbocycles. The molecule has 3 unspecified atom stereocenters. The average molecular weight is 427 g/mol. The van der Waals surface area contributed by atoms with Gasteiger partial charge in [-0.3, -0.25) is 4.79 Å². The first-order valence-corrected chi connectivity index (χ1v) is 14.0. The molecule has 0 spiro atoms. The molecule has 0 radical (unpaired) electrons. The van der Waals surface area contributed by atoms with Crippen LogP contribution in [0.3, 0.4) is 0 Å². The number of thioether (sulfide) groups is 1. The fraction of sp³-hybridized carbons (Fsp3) is 0.962. The third-order valence-corrected chi connectivity index (χ3v) is 7.94. The highest BCUT2D eigenvalue weighted by Crippen LogP contribution is 2.47. The van der Waals surface area contributed by atoms with Gasteiger partial charge in [0, 0.05) is 16.9 Å². The standard InChI is InChI=1S/C26H50O2S/c1-4-7-9-10-12-15-19-24-25(29-24)20-16-13-11-14-17-21-26(27)28-22-23(6-3)18-8-5-2/h23-25H,4-22H2,1-3H3. The molecule has 29 heavy (non-hydrogen) atoms. The molecule has 1 heterocycles. The lowest BCUT2D eigenvalue weighted by molar-refractivity contribution is -0.145. The number of carbonyl (C=O) groups is 1. The maximum atomic E-state index is 11.9. The van der Waals surface area contributed by atoms with E-state index in [4.69, 9.17) is 4.74 Å². The van der Waals surface area contributed by atoms with Gasteiger partial charge >= 0.3 is 5.97 Å². The van der Waals surface area contributed by atoms with Gasteiger partial charge < -0.3 is 4.74 Å². The zero-order chi connectivity index (χ0) is 21.2. The van der Waals surface area contributed by atoms with Crippen molar-refractivity contribution in [1.29, 1.82) is 0 Å². The third-order valence-electron chi connectivity index (χ3n) is 6.42. The molecule has 0 aromatic rings. The number of hydrogen-bond acceptors (Lipinski definition) is 3. The van der Waals surface area contributed by atoms with Crippen LogP contribution in [0.25, 0.3) is 0 Å². The van der Waals surface area contributed by atoms with E-state index in [9.17, 15) is 4.79 Å². The molecular formula is C26H50O2S. The molecule has 1 saturated heterocycles. The van der Waals surface area contributed by atoms with Crippen molar-refractivity contribution in [3.8, 4) is 0 Å². The van der Waals surface area contributed by atoms with Gasteiger partial charge in [0.15, 0.2) is 0 Å². The molecule has 0 bridgehead atoms. The van der Waals surface area contributed by atoms with Crippen LogP contribution in [0.2, 0.25) is 0 Å². The van der Waals surface area contributed by atoms with Gasteiger partial charge in [0.2, 0.25) is 0 Å². The van der Waals surface area contributed by atoms with Gasteiger partial charge in [-0.2, -0.15) is 11.8 Å². The third kappa shape index (κ3) is 15.3. The highest BCUT2D eigenvalue weighted by atomic mass is 32.2. The van der Waals surface area contributed by atoms with E-state index in [-0.39, 0.29) is 5.97 Å². The van der Waals surface area contributed by atoms with Crippen molar-refractivity contribution in [1.82, 2.24) is 0 Å². The lowest BCUT2D eigenvalue weighted by Gasteiger charge is -2.14. The van der Waals surface area contributed by atoms with Crippen molar-refractivity contribution in [2.24, 2.45) is 5.92 Å². The Labute approximate surface area is 186 Å². The van der Waals surface area contributed by atoms with Crippen molar-refractivity contribution in [3.63, 3.8) is 0 Å². The van der Waals surface area contributed by atoms with Crippen LogP contribution in [0.5, 0.6) is 0 Å². The summed E-state index contributed by atoms with van der Waals surface area (Å²) in [7, 11) is 0. The van der Waals surface area contributed by atoms with E-state index >= 15 is 0 Å². The molecule has 172 valence electrons. The maximum absolute atomic E-state index is 11.9. The fourth-order valence-electron chi connectivity index (χ4n) is 4.14. The molecule has 3 atom stereocenters. The van der Waals surface area contributed by atoms with Gasteiger partial charge in [-0.05, 0) is 31.6 Å². The summed E-state index contributed by atoms with van der Waals surface area (Å²) < 4.78 is 5.49. The quantitative estimate of drug-likeness (QED) is 0.104. The molecule has 1 aliphatic rings. The Kier molecular flexibility index (Phi) is 17.2. The topological polar surface area (TPSA) is 26.3 Å². The molecule has 1 aliphatic heterocycles. The fourth-order valence-corrected chi connectivity index (χ4v) is 5.38. The van der Waals surface area contributed by atoms with Crippen LogP contribution in [-0.2, 0) is 9.53 Å². The molecule has 2 nitrogen and oxygen atoms in total. The van der Waals surface area contributed by atoms with Gasteiger partial charge in [0.25, 0.3) is 0 Å². The molecule has 1 rings (SSSR count). The number of unbranched alkanes of at least 4 members (excludes halogenated alkanes) is 10. The van der Waals surface area contributed by atoms with Gasteiger partial charge in [0.05, 0.1) is 6.61 Å². The van der Waals surface area contributed by atoms with E-state index < -0.39 is 0 Å². The first kappa shape index (κ1) is 26.9. The van der Waals surface area contributed by atoms with Crippen LogP contribution < -0.4 is 0 Å². The Balaban J connectivity index is 1.84. The van der Waals surface area contributed by atoms with E-state index in [0.29, 0.717) is 18.9 Å². The highest BCUT2D eigenvalue weighted by Gasteiger charge is 2.36. The summed E-state index contributed by atoms with van der Waals surface area (Å²) in [6, 6.07) is 0. The Bertz CT molecular complexity index is 385. The second-order valence-electron chi connectivity index (χ2n) is 9.18. The Morgan fingerprint density at radius 1 is 0.759 bits per heavy atom. The van der Waals surface area contributed by atoms with Crippen LogP contribution in [0.1, 0.15) is 136 Å². The second-order valence-corrected chi connectivity index (χ2v) is 10.7. The summed E-state index contributed by atoms with van der Waals surface area (Å²) in [6.07, 6.45) is 23.0. The first-order chi connectivity index (χ1) is 14.2. The lowest BCUT2D eigenvalue weighted by atomic mass is 10.0. The van der Waals surface area contributed by atoms with Gasteiger partial charge in [-0.25, -0.2) is 0 Å². The van der Waals surface area contributed by atoms with E-state index in [1.807, 2.05) is 0 Å². The van der Waals surface area contributed by atoms with E-state index in [2.05, 4.69) is 32.5 Å². The highest BCUT2D eigenvalue weighted by molar-refractivity contribution is 8.07. The normalized spacial score (nSPS) is 19.3. The first-order valence-electron chi connectivity index (χ1n) is 13.0. The molecule has 0 aromatic carbocycles. The minimum Gasteiger partial charge on any atom is -0.465 e. The Hall–Kier alpha value is -0.180. The molecule has 0 amide bonds. The minimum atomic E-state index is 0.0202. The van der Waals surface area contributed by atoms with Gasteiger partial charge in [-0.1, -0.05) is 104 Å². The van der Waals surface area contributed by atoms with E-state index in [1.165, 1.54) is 96.3 Å². The lowest BCUT2D eigenvalue weighted by Crippen LogP contribution is -2.13. The Morgan fingerprint density at radius 2 is 1.31 bits per heavy atom. The van der Waals surface area contributed by atoms with Crippen molar-refractivity contribution in [3.05, 3.63) is 0 Å². The summed E-state index contributed by atoms with van der Waals surface area (Å²) in [4.78, 5) is 11.9. The van der Waals surface area contributed by atoms with E-state index in [1.54, 1.807) is 0 Å². The SMILES string of the molecule is CCCCCCCCC1SC1CCCCCCCC(=O)OCC(CC)CCCC. The average Bonchev–Trinajstić information content (AvgIpc) is 3.48. The summed E-state index contributed by atoms with van der Waals surface area (Å²) in [5.74, 6) is 0.580. The molecular weight excluding hydrogens is 376 g/mol. The van der Waals surface area contributed by atoms with E-state index in [0.717, 1.165) is 23.3 Å². The number of rotatable bonds is 21. The van der Waals surface area contributed by atoms with Crippen molar-refractivity contribution < 1.29 is 9.53 Å². The molecule has 0 N–H and O–H groups in total. The summed E-state index contributed by atoms with van der Waals surface area (Å²) in [5, 5.41) is 1.96. The zero-order valence-corrected chi connectivity index (χ0v) is 20.7. The van der Waals surface area contributed by atoms with Crippen LogP contribution in [-0.4, -0.2) is 23.1 Å². The number of hydrogen-bond donors (Lipinski definition) is 0. The smallest absolute Gasteiger partial charge is 0.305 e. The number of esters is 1. The summed E-state index contributed by atoms with van der Waals surface area (Å²) in [5.41, 5.74) is 0. The van der Waals surface area contributed by atoms with Crippen LogP contribution in [0.15, 0.2) is 0 Å². The maximum Gasteiger partial charge on any atom is 0.305 e. The van der Waals surface area contributed by atoms with Gasteiger partial charge in [0.1, 0.15) is 0 Å². The molecule has 0 aliphatic carbocycles. The molecule has 1 fully saturated rings. The molecule has 0 aromatic heterocycles. The predicted octanol–water partition coefficient (Wildman–Crippen LogP) is 8.71. The van der Waals surface area contributed by atoms with Crippen molar-refractivity contribution in [2.45, 2.75) is 147 Å². The van der Waals surface area contributed by atoms with Crippen molar-refractivity contribution >= 4 is 17.7 Å². The van der Waals surface area contributed by atoms with Crippen LogP contribution in [0.4, 0.5) is 0 Å². The molecule has 3 heteroatoms. The summed E-state index contributed by atoms with van der Waals surface area (Å²) >= 11 is 2.23.